The lowest BCUT2D eigenvalue weighted by molar-refractivity contribution is 0.262. The van der Waals surface area contributed by atoms with Crippen LogP contribution in [-0.2, 0) is 0 Å². The van der Waals surface area contributed by atoms with Gasteiger partial charge in [0.2, 0.25) is 5.13 Å². The molecule has 8 nitrogen and oxygen atoms in total. The Balaban J connectivity index is 1.57. The molecule has 0 unspecified atom stereocenters. The van der Waals surface area contributed by atoms with Crippen molar-refractivity contribution in [1.29, 1.82) is 0 Å². The number of aromatic nitrogens is 4. The van der Waals surface area contributed by atoms with E-state index >= 15 is 0 Å². The average Bonchev–Trinajstić information content (AvgIpc) is 3.28. The third-order valence-electron chi connectivity index (χ3n) is 3.54. The van der Waals surface area contributed by atoms with Crippen molar-refractivity contribution >= 4 is 55.2 Å². The molecule has 3 N–H and O–H groups in total. The van der Waals surface area contributed by atoms with Crippen LogP contribution in [0.5, 0.6) is 11.5 Å². The molecule has 0 bridgehead atoms. The number of carbonyl (C=O) groups is 1. The number of urea groups is 1. The van der Waals surface area contributed by atoms with Gasteiger partial charge in [0.05, 0.1) is 5.39 Å². The summed E-state index contributed by atoms with van der Waals surface area (Å²) in [4.78, 5) is 18.9. The van der Waals surface area contributed by atoms with Gasteiger partial charge in [-0.1, -0.05) is 11.3 Å². The second kappa shape index (κ2) is 7.48. The van der Waals surface area contributed by atoms with Crippen LogP contribution in [0.1, 0.15) is 0 Å². The molecule has 0 atom stereocenters. The summed E-state index contributed by atoms with van der Waals surface area (Å²) in [6.45, 7) is 0. The van der Waals surface area contributed by atoms with Crippen LogP contribution >= 0.6 is 27.3 Å². The zero-order valence-electron chi connectivity index (χ0n) is 13.7. The van der Waals surface area contributed by atoms with Gasteiger partial charge in [-0.15, -0.1) is 10.2 Å². The number of aromatic amines is 1. The zero-order chi connectivity index (χ0) is 19.7. The molecule has 2 amide bonds. The van der Waals surface area contributed by atoms with Gasteiger partial charge in [0.1, 0.15) is 16.9 Å². The molecule has 0 saturated carbocycles. The lowest BCUT2D eigenvalue weighted by Crippen LogP contribution is -2.19. The number of nitrogens with one attached hydrogen (secondary N) is 3. The number of H-pyrrole nitrogens is 1. The van der Waals surface area contributed by atoms with Crippen molar-refractivity contribution in [3.63, 3.8) is 0 Å². The highest BCUT2D eigenvalue weighted by atomic mass is 79.9. The van der Waals surface area contributed by atoms with E-state index in [1.54, 1.807) is 6.20 Å². The highest BCUT2D eigenvalue weighted by molar-refractivity contribution is 9.10. The largest absolute Gasteiger partial charge is 0.450 e. The van der Waals surface area contributed by atoms with Crippen LogP contribution in [0.25, 0.3) is 11.0 Å². The molecule has 0 radical (unpaired) electrons. The van der Waals surface area contributed by atoms with Gasteiger partial charge >= 0.3 is 6.03 Å². The van der Waals surface area contributed by atoms with Crippen LogP contribution < -0.4 is 15.4 Å². The van der Waals surface area contributed by atoms with Crippen molar-refractivity contribution in [1.82, 2.24) is 20.2 Å². The predicted octanol–water partition coefficient (Wildman–Crippen LogP) is 4.89. The number of fused-ring (bicyclic) bond motifs is 1. The Morgan fingerprint density at radius 2 is 2.04 bits per heavy atom. The lowest BCUT2D eigenvalue weighted by atomic mass is 10.2. The normalized spacial score (nSPS) is 10.8. The number of hydrogen-bond acceptors (Lipinski definition) is 6. The van der Waals surface area contributed by atoms with Crippen molar-refractivity contribution < 1.29 is 18.3 Å². The summed E-state index contributed by atoms with van der Waals surface area (Å²) in [7, 11) is 0. The Bertz CT molecular complexity index is 1140. The number of carbonyl (C=O) groups excluding carboxylic acids is 1. The first kappa shape index (κ1) is 18.3. The van der Waals surface area contributed by atoms with E-state index in [1.165, 1.54) is 17.8 Å². The molecule has 1 aromatic carbocycles. The topological polar surface area (TPSA) is 105 Å². The van der Waals surface area contributed by atoms with Crippen LogP contribution in [-0.4, -0.2) is 26.2 Å². The Hall–Kier alpha value is -3.12. The number of amides is 2. The minimum Gasteiger partial charge on any atom is -0.450 e. The minimum atomic E-state index is -0.983. The fraction of sp³-hybridized carbons (Fsp3) is 0. The van der Waals surface area contributed by atoms with Crippen LogP contribution in [0.15, 0.2) is 40.6 Å². The van der Waals surface area contributed by atoms with Crippen molar-refractivity contribution in [3.05, 3.63) is 52.2 Å². The van der Waals surface area contributed by atoms with Crippen LogP contribution in [0, 0.1) is 11.6 Å². The first-order valence-corrected chi connectivity index (χ1v) is 9.31. The van der Waals surface area contributed by atoms with Crippen LogP contribution in [0.3, 0.4) is 0 Å². The number of pyridine rings is 1. The third kappa shape index (κ3) is 3.64. The van der Waals surface area contributed by atoms with E-state index in [-0.39, 0.29) is 16.6 Å². The minimum absolute atomic E-state index is 0.0907. The second-order valence-corrected chi connectivity index (χ2v) is 7.05. The van der Waals surface area contributed by atoms with E-state index in [0.717, 1.165) is 23.5 Å². The maximum Gasteiger partial charge on any atom is 0.325 e. The van der Waals surface area contributed by atoms with Gasteiger partial charge in [-0.25, -0.2) is 18.6 Å². The lowest BCUT2D eigenvalue weighted by Gasteiger charge is -2.11. The van der Waals surface area contributed by atoms with E-state index in [0.29, 0.717) is 15.5 Å². The Kier molecular flexibility index (Phi) is 4.88. The summed E-state index contributed by atoms with van der Waals surface area (Å²) >= 11 is 4.43. The fourth-order valence-electron chi connectivity index (χ4n) is 2.40. The number of rotatable bonds is 4. The number of benzene rings is 1. The molecule has 0 saturated heterocycles. The molecule has 0 aliphatic rings. The smallest absolute Gasteiger partial charge is 0.325 e. The molecule has 0 aliphatic heterocycles. The van der Waals surface area contributed by atoms with E-state index in [4.69, 9.17) is 4.74 Å². The molecule has 28 heavy (non-hydrogen) atoms. The molecular formula is C16H9BrF2N6O2S. The van der Waals surface area contributed by atoms with Gasteiger partial charge < -0.3 is 15.0 Å². The van der Waals surface area contributed by atoms with Gasteiger partial charge in [0.25, 0.3) is 0 Å². The highest BCUT2D eigenvalue weighted by Gasteiger charge is 2.18. The molecule has 0 aliphatic carbocycles. The Labute approximate surface area is 168 Å². The fourth-order valence-corrected chi connectivity index (χ4v) is 3.34. The summed E-state index contributed by atoms with van der Waals surface area (Å²) < 4.78 is 35.0. The molecule has 3 heterocycles. The summed E-state index contributed by atoms with van der Waals surface area (Å²) in [5.74, 6) is -2.35. The maximum absolute atomic E-state index is 14.5. The molecule has 0 fully saturated rings. The van der Waals surface area contributed by atoms with Crippen LogP contribution in [0.4, 0.5) is 24.4 Å². The number of nitrogens with zero attached hydrogens (tertiary/aromatic N) is 3. The summed E-state index contributed by atoms with van der Waals surface area (Å²) in [5, 5.41) is 12.7. The third-order valence-corrected chi connectivity index (χ3v) is 4.77. The number of halogens is 3. The van der Waals surface area contributed by atoms with Gasteiger partial charge in [-0.05, 0) is 22.0 Å². The zero-order valence-corrected chi connectivity index (χ0v) is 16.1. The second-order valence-electron chi connectivity index (χ2n) is 5.36. The summed E-state index contributed by atoms with van der Waals surface area (Å²) in [6, 6.07) is 2.67. The standard InChI is InChI=1S/C16H9BrF2N6O2S/c17-8-5-21-14-12(8)11(1-2-20-14)27-13-9(18)3-7(4-10(13)19)23-15(26)24-16-25-22-6-28-16/h1-6H,(H,20,21)(H2,23,24,25,26). The van der Waals surface area contributed by atoms with Crippen molar-refractivity contribution in [2.45, 2.75) is 0 Å². The Morgan fingerprint density at radius 1 is 1.25 bits per heavy atom. The Morgan fingerprint density at radius 3 is 2.75 bits per heavy atom. The molecule has 3 aromatic heterocycles. The summed E-state index contributed by atoms with van der Waals surface area (Å²) in [5.41, 5.74) is 1.84. The van der Waals surface area contributed by atoms with Gasteiger partial charge in [0.15, 0.2) is 17.4 Å². The number of anilines is 2. The SMILES string of the molecule is O=C(Nc1cc(F)c(Oc2ccnc3[nH]cc(Br)c23)c(F)c1)Nc1nncs1. The first-order chi connectivity index (χ1) is 13.5. The van der Waals surface area contributed by atoms with Gasteiger partial charge in [-0.2, -0.15) is 0 Å². The molecule has 0 spiro atoms. The van der Waals surface area contributed by atoms with E-state index < -0.39 is 23.4 Å². The quantitative estimate of drug-likeness (QED) is 0.397. The molecule has 4 rings (SSSR count). The summed E-state index contributed by atoms with van der Waals surface area (Å²) in [6.07, 6.45) is 3.09. The molecule has 142 valence electrons. The predicted molar refractivity (Wildman–Crippen MR) is 103 cm³/mol. The number of ether oxygens (including phenoxy) is 1. The van der Waals surface area contributed by atoms with Crippen molar-refractivity contribution in [3.8, 4) is 11.5 Å². The molecule has 12 heteroatoms. The van der Waals surface area contributed by atoms with Crippen molar-refractivity contribution in [2.24, 2.45) is 0 Å². The van der Waals surface area contributed by atoms with Crippen molar-refractivity contribution in [2.75, 3.05) is 10.6 Å². The maximum atomic E-state index is 14.5. The molecule has 4 aromatic rings. The monoisotopic (exact) mass is 466 g/mol. The van der Waals surface area contributed by atoms with E-state index in [2.05, 4.69) is 46.7 Å². The van der Waals surface area contributed by atoms with Gasteiger partial charge in [-0.3, -0.25) is 5.32 Å². The van der Waals surface area contributed by atoms with Gasteiger partial charge in [0, 0.05) is 34.7 Å². The van der Waals surface area contributed by atoms with E-state index in [9.17, 15) is 13.6 Å². The highest BCUT2D eigenvalue weighted by Crippen LogP contribution is 2.36. The van der Waals surface area contributed by atoms with E-state index in [1.807, 2.05) is 0 Å². The van der Waals surface area contributed by atoms with Crippen LogP contribution in [0.2, 0.25) is 0 Å². The average molecular weight is 467 g/mol. The number of hydrogen-bond donors (Lipinski definition) is 3. The molecular weight excluding hydrogens is 458 g/mol. The first-order valence-electron chi connectivity index (χ1n) is 7.64.